The Hall–Kier alpha value is -1.09. The predicted octanol–water partition coefficient (Wildman–Crippen LogP) is 2.57. The summed E-state index contributed by atoms with van der Waals surface area (Å²) in [5.41, 5.74) is 1.35. The highest BCUT2D eigenvalue weighted by Crippen LogP contribution is 2.32. The molecule has 1 aliphatic carbocycles. The van der Waals surface area contributed by atoms with E-state index in [0.717, 1.165) is 5.69 Å². The van der Waals surface area contributed by atoms with Gasteiger partial charge in [0.1, 0.15) is 5.15 Å². The second-order valence-electron chi connectivity index (χ2n) is 4.42. The monoisotopic (exact) mass is 238 g/mol. The number of carbonyl (C=O) groups is 1. The number of pyridine rings is 1. The molecule has 1 atom stereocenters. The highest BCUT2D eigenvalue weighted by Gasteiger charge is 2.29. The molecule has 1 saturated carbocycles. The summed E-state index contributed by atoms with van der Waals surface area (Å²) in [6.45, 7) is 3.87. The quantitative estimate of drug-likeness (QED) is 0.823. The number of amides is 1. The number of hydrogen-bond acceptors (Lipinski definition) is 2. The van der Waals surface area contributed by atoms with E-state index in [9.17, 15) is 4.79 Å². The standard InChI is InChI=1S/C12H15ClN2O/c1-7-5-10(6-11(13)14-7)12(16)15-8(2)9-3-4-9/h5-6,8-9H,3-4H2,1-2H3,(H,15,16). The maximum absolute atomic E-state index is 11.9. The van der Waals surface area contributed by atoms with E-state index in [4.69, 9.17) is 11.6 Å². The Labute approximate surface area is 100 Å². The highest BCUT2D eigenvalue weighted by molar-refractivity contribution is 6.29. The van der Waals surface area contributed by atoms with Crippen LogP contribution in [0.15, 0.2) is 12.1 Å². The van der Waals surface area contributed by atoms with Gasteiger partial charge in [-0.2, -0.15) is 0 Å². The van der Waals surface area contributed by atoms with Crippen molar-refractivity contribution in [3.63, 3.8) is 0 Å². The summed E-state index contributed by atoms with van der Waals surface area (Å²) in [4.78, 5) is 15.9. The Morgan fingerprint density at radius 3 is 2.81 bits per heavy atom. The number of aromatic nitrogens is 1. The van der Waals surface area contributed by atoms with Crippen LogP contribution in [0.2, 0.25) is 5.15 Å². The molecule has 2 rings (SSSR count). The minimum atomic E-state index is -0.0631. The van der Waals surface area contributed by atoms with Gasteiger partial charge in [-0.1, -0.05) is 11.6 Å². The molecule has 1 aromatic rings. The van der Waals surface area contributed by atoms with E-state index in [1.807, 2.05) is 13.8 Å². The Bertz CT molecular complexity index is 395. The SMILES string of the molecule is Cc1cc(C(=O)NC(C)C2CC2)cc(Cl)n1. The summed E-state index contributed by atoms with van der Waals surface area (Å²) < 4.78 is 0. The Morgan fingerprint density at radius 2 is 2.25 bits per heavy atom. The fourth-order valence-corrected chi connectivity index (χ4v) is 2.01. The first kappa shape index (κ1) is 11.4. The van der Waals surface area contributed by atoms with Gasteiger partial charge in [-0.3, -0.25) is 4.79 Å². The lowest BCUT2D eigenvalue weighted by Gasteiger charge is -2.12. The van der Waals surface area contributed by atoms with Crippen LogP contribution in [0.4, 0.5) is 0 Å². The third-order valence-corrected chi connectivity index (χ3v) is 3.07. The third-order valence-electron chi connectivity index (χ3n) is 2.87. The molecule has 86 valence electrons. The average molecular weight is 239 g/mol. The van der Waals surface area contributed by atoms with Crippen molar-refractivity contribution >= 4 is 17.5 Å². The first-order valence-electron chi connectivity index (χ1n) is 5.51. The molecule has 0 spiro atoms. The lowest BCUT2D eigenvalue weighted by molar-refractivity contribution is 0.0935. The van der Waals surface area contributed by atoms with Gasteiger partial charge < -0.3 is 5.32 Å². The van der Waals surface area contributed by atoms with Gasteiger partial charge in [-0.25, -0.2) is 4.98 Å². The number of nitrogens with zero attached hydrogens (tertiary/aromatic N) is 1. The Balaban J connectivity index is 2.07. The molecule has 1 fully saturated rings. The lowest BCUT2D eigenvalue weighted by atomic mass is 10.1. The fraction of sp³-hybridized carbons (Fsp3) is 0.500. The second kappa shape index (κ2) is 4.42. The van der Waals surface area contributed by atoms with Gasteiger partial charge in [0.15, 0.2) is 0 Å². The van der Waals surface area contributed by atoms with E-state index in [2.05, 4.69) is 10.3 Å². The molecule has 1 N–H and O–H groups in total. The van der Waals surface area contributed by atoms with E-state index in [1.165, 1.54) is 12.8 Å². The number of halogens is 1. The first-order valence-corrected chi connectivity index (χ1v) is 5.89. The van der Waals surface area contributed by atoms with Gasteiger partial charge in [0, 0.05) is 17.3 Å². The van der Waals surface area contributed by atoms with Crippen LogP contribution in [0.5, 0.6) is 0 Å². The topological polar surface area (TPSA) is 42.0 Å². The summed E-state index contributed by atoms with van der Waals surface area (Å²) in [6.07, 6.45) is 2.44. The van der Waals surface area contributed by atoms with Crippen molar-refractivity contribution < 1.29 is 4.79 Å². The van der Waals surface area contributed by atoms with Crippen molar-refractivity contribution in [1.82, 2.24) is 10.3 Å². The van der Waals surface area contributed by atoms with Crippen molar-refractivity contribution in [3.05, 3.63) is 28.5 Å². The first-order chi connectivity index (χ1) is 7.56. The average Bonchev–Trinajstić information content (AvgIpc) is 2.98. The maximum Gasteiger partial charge on any atom is 0.251 e. The van der Waals surface area contributed by atoms with Crippen LogP contribution in [0, 0.1) is 12.8 Å². The van der Waals surface area contributed by atoms with Crippen LogP contribution in [0.3, 0.4) is 0 Å². The van der Waals surface area contributed by atoms with E-state index in [1.54, 1.807) is 12.1 Å². The zero-order valence-corrected chi connectivity index (χ0v) is 10.2. The molecule has 0 radical (unpaired) electrons. The Kier molecular flexibility index (Phi) is 3.15. The summed E-state index contributed by atoms with van der Waals surface area (Å²) >= 11 is 5.81. The van der Waals surface area contributed by atoms with Crippen molar-refractivity contribution in [3.8, 4) is 0 Å². The normalized spacial score (nSPS) is 16.9. The van der Waals surface area contributed by atoms with Crippen molar-refractivity contribution in [2.75, 3.05) is 0 Å². The summed E-state index contributed by atoms with van der Waals surface area (Å²) in [5.74, 6) is 0.592. The molecule has 3 nitrogen and oxygen atoms in total. The predicted molar refractivity (Wildman–Crippen MR) is 63.6 cm³/mol. The zero-order chi connectivity index (χ0) is 11.7. The molecule has 0 aliphatic heterocycles. The number of hydrogen-bond donors (Lipinski definition) is 1. The lowest BCUT2D eigenvalue weighted by Crippen LogP contribution is -2.34. The molecular formula is C12H15ClN2O. The van der Waals surface area contributed by atoms with E-state index in [0.29, 0.717) is 16.6 Å². The maximum atomic E-state index is 11.9. The van der Waals surface area contributed by atoms with E-state index in [-0.39, 0.29) is 11.9 Å². The van der Waals surface area contributed by atoms with Crippen LogP contribution in [-0.4, -0.2) is 16.9 Å². The summed E-state index contributed by atoms with van der Waals surface area (Å²) in [5, 5.41) is 3.35. The van der Waals surface area contributed by atoms with Gasteiger partial charge in [0.2, 0.25) is 0 Å². The Morgan fingerprint density at radius 1 is 1.56 bits per heavy atom. The van der Waals surface area contributed by atoms with Gasteiger partial charge in [-0.15, -0.1) is 0 Å². The molecule has 1 aliphatic rings. The largest absolute Gasteiger partial charge is 0.349 e. The van der Waals surface area contributed by atoms with Gasteiger partial charge in [0.05, 0.1) is 0 Å². The molecule has 0 aromatic carbocycles. The molecule has 0 bridgehead atoms. The molecule has 4 heteroatoms. The van der Waals surface area contributed by atoms with Crippen LogP contribution in [0.1, 0.15) is 35.8 Å². The minimum absolute atomic E-state index is 0.0631. The molecular weight excluding hydrogens is 224 g/mol. The number of rotatable bonds is 3. The van der Waals surface area contributed by atoms with E-state index < -0.39 is 0 Å². The van der Waals surface area contributed by atoms with Crippen molar-refractivity contribution in [1.29, 1.82) is 0 Å². The number of nitrogens with one attached hydrogen (secondary N) is 1. The molecule has 1 heterocycles. The second-order valence-corrected chi connectivity index (χ2v) is 4.81. The zero-order valence-electron chi connectivity index (χ0n) is 9.46. The molecule has 1 amide bonds. The van der Waals surface area contributed by atoms with Crippen LogP contribution < -0.4 is 5.32 Å². The van der Waals surface area contributed by atoms with Crippen LogP contribution in [0.25, 0.3) is 0 Å². The summed E-state index contributed by atoms with van der Waals surface area (Å²) in [7, 11) is 0. The molecule has 1 aromatic heterocycles. The molecule has 0 saturated heterocycles. The van der Waals surface area contributed by atoms with Crippen LogP contribution in [-0.2, 0) is 0 Å². The highest BCUT2D eigenvalue weighted by atomic mass is 35.5. The minimum Gasteiger partial charge on any atom is -0.349 e. The summed E-state index contributed by atoms with van der Waals surface area (Å²) in [6, 6.07) is 3.60. The smallest absolute Gasteiger partial charge is 0.251 e. The fourth-order valence-electron chi connectivity index (χ4n) is 1.76. The van der Waals surface area contributed by atoms with Crippen molar-refractivity contribution in [2.24, 2.45) is 5.92 Å². The molecule has 16 heavy (non-hydrogen) atoms. The van der Waals surface area contributed by atoms with Crippen molar-refractivity contribution in [2.45, 2.75) is 32.7 Å². The van der Waals surface area contributed by atoms with E-state index >= 15 is 0 Å². The third kappa shape index (κ3) is 2.73. The molecule has 1 unspecified atom stereocenters. The van der Waals surface area contributed by atoms with Gasteiger partial charge in [-0.05, 0) is 44.7 Å². The van der Waals surface area contributed by atoms with Crippen LogP contribution >= 0.6 is 11.6 Å². The van der Waals surface area contributed by atoms with Gasteiger partial charge >= 0.3 is 0 Å². The number of carbonyl (C=O) groups excluding carboxylic acids is 1. The number of aryl methyl sites for hydroxylation is 1. The van der Waals surface area contributed by atoms with Gasteiger partial charge in [0.25, 0.3) is 5.91 Å².